The summed E-state index contributed by atoms with van der Waals surface area (Å²) in [6.07, 6.45) is 3.40. The second-order valence-corrected chi connectivity index (χ2v) is 29.1. The molecule has 0 unspecified atom stereocenters. The van der Waals surface area contributed by atoms with Crippen molar-refractivity contribution in [2.45, 2.75) is 236 Å². The second kappa shape index (κ2) is 38.4. The quantitative estimate of drug-likeness (QED) is 0.141. The van der Waals surface area contributed by atoms with Crippen LogP contribution >= 0.6 is 0 Å². The van der Waals surface area contributed by atoms with Gasteiger partial charge in [-0.05, 0) is 117 Å². The van der Waals surface area contributed by atoms with Crippen LogP contribution in [-0.2, 0) is 63.9 Å². The van der Waals surface area contributed by atoms with Gasteiger partial charge in [-0.25, -0.2) is 0 Å². The standard InChI is InChI=1S/C71H121N9O13/c1-25-51-38-60(83)62(63(84)47(14)27-26-28-50-29-31-72-32-30-50)80(23)71(92)61(46(12)13)79(22)69(90)56(36-44(8)9)77(20)68(89)55(35-43(6)7)76(19)65(86)49(16)73-64(85)48(15)37-58(81)53(33-41(2)3)74(17)67(88)52(45(10)11)39-59(82)54(34-42(4)5)75(18)70(91)57(40-93-24)78(21)66(51)87/h29-32,41-49,51-57,61-63,84H,25-28,33-40H2,1-24H3,(H,73,85)/t47-,48+,49+,51+,52-,53-,54+,55-,56-,57-,61-,62+,63-/m1/s1. The van der Waals surface area contributed by atoms with Crippen molar-refractivity contribution in [2.75, 3.05) is 63.1 Å². The molecule has 22 heteroatoms. The number of hydrogen-bond acceptors (Lipinski definition) is 14. The van der Waals surface area contributed by atoms with Gasteiger partial charge in [-0.1, -0.05) is 104 Å². The van der Waals surface area contributed by atoms with Gasteiger partial charge in [-0.3, -0.25) is 57.7 Å². The fraction of sp³-hybridized carbons (Fsp3) is 0.775. The lowest BCUT2D eigenvalue weighted by molar-refractivity contribution is -0.157. The molecule has 22 nitrogen and oxygen atoms in total. The Hall–Kier alpha value is -6.16. The number of amides is 8. The number of rotatable bonds is 19. The topological polar surface area (TPSA) is 265 Å². The normalized spacial score (nSPS) is 26.5. The summed E-state index contributed by atoms with van der Waals surface area (Å²) in [5.74, 6) is -11.3. The van der Waals surface area contributed by atoms with Crippen LogP contribution < -0.4 is 5.32 Å². The molecular formula is C71H121N9O13. The van der Waals surface area contributed by atoms with Crippen molar-refractivity contribution in [3.05, 3.63) is 30.1 Å². The van der Waals surface area contributed by atoms with Gasteiger partial charge in [0.1, 0.15) is 36.3 Å². The highest BCUT2D eigenvalue weighted by Gasteiger charge is 2.46. The summed E-state index contributed by atoms with van der Waals surface area (Å²) < 4.78 is 5.59. The van der Waals surface area contributed by atoms with E-state index in [1.165, 1.54) is 97.7 Å². The smallest absolute Gasteiger partial charge is 0.248 e. The van der Waals surface area contributed by atoms with Crippen LogP contribution in [0.2, 0.25) is 0 Å². The molecular weight excluding hydrogens is 1190 g/mol. The van der Waals surface area contributed by atoms with Crippen LogP contribution in [0.5, 0.6) is 0 Å². The molecule has 1 aromatic rings. The Kier molecular flexibility index (Phi) is 34.2. The predicted molar refractivity (Wildman–Crippen MR) is 361 cm³/mol. The Morgan fingerprint density at radius 1 is 0.505 bits per heavy atom. The van der Waals surface area contributed by atoms with Crippen molar-refractivity contribution >= 4 is 64.6 Å². The minimum atomic E-state index is -1.53. The molecule has 13 atom stereocenters. The van der Waals surface area contributed by atoms with Crippen molar-refractivity contribution in [2.24, 2.45) is 59.2 Å². The number of ketones is 3. The molecule has 0 aliphatic carbocycles. The molecule has 2 heterocycles. The van der Waals surface area contributed by atoms with E-state index in [1.807, 2.05) is 67.5 Å². The highest BCUT2D eigenvalue weighted by molar-refractivity contribution is 6.00. The summed E-state index contributed by atoms with van der Waals surface area (Å²) in [6.45, 7) is 28.5. The van der Waals surface area contributed by atoms with Crippen LogP contribution in [0.4, 0.5) is 0 Å². The number of aryl methyl sites for hydroxylation is 1. The summed E-state index contributed by atoms with van der Waals surface area (Å²) in [7, 11) is 11.6. The van der Waals surface area contributed by atoms with E-state index in [4.69, 9.17) is 4.74 Å². The third-order valence-electron chi connectivity index (χ3n) is 18.8. The van der Waals surface area contributed by atoms with E-state index in [-0.39, 0.29) is 75.2 Å². The number of carbonyl (C=O) groups excluding carboxylic acids is 11. The molecule has 0 bridgehead atoms. The number of carbonyl (C=O) groups is 11. The molecule has 0 spiro atoms. The first-order valence-electron chi connectivity index (χ1n) is 34.0. The highest BCUT2D eigenvalue weighted by atomic mass is 16.5. The number of methoxy groups -OCH3 is 1. The lowest BCUT2D eigenvalue weighted by Crippen LogP contribution is -2.62. The molecule has 0 aromatic carbocycles. The lowest BCUT2D eigenvalue weighted by atomic mass is 9.84. The number of nitrogens with one attached hydrogen (secondary N) is 1. The third-order valence-corrected chi connectivity index (χ3v) is 18.8. The van der Waals surface area contributed by atoms with E-state index in [9.17, 15) is 29.1 Å². The first kappa shape index (κ1) is 82.9. The average Bonchev–Trinajstić information content (AvgIpc) is 0.885. The van der Waals surface area contributed by atoms with E-state index in [1.54, 1.807) is 60.9 Å². The van der Waals surface area contributed by atoms with Gasteiger partial charge in [0, 0.05) is 106 Å². The number of Topliss-reactive ketones (excluding diaryl/α,β-unsaturated/α-hetero) is 3. The molecule has 2 N–H and O–H groups in total. The monoisotopic (exact) mass is 1310 g/mol. The predicted octanol–water partition coefficient (Wildman–Crippen LogP) is 7.01. The number of aliphatic hydroxyl groups excluding tert-OH is 1. The van der Waals surface area contributed by atoms with Gasteiger partial charge in [-0.2, -0.15) is 0 Å². The minimum absolute atomic E-state index is 0.0825. The van der Waals surface area contributed by atoms with Gasteiger partial charge in [0.25, 0.3) is 0 Å². The fourth-order valence-corrected chi connectivity index (χ4v) is 12.8. The van der Waals surface area contributed by atoms with Gasteiger partial charge in [0.05, 0.1) is 24.8 Å². The van der Waals surface area contributed by atoms with Gasteiger partial charge in [0.2, 0.25) is 47.3 Å². The maximum absolute atomic E-state index is 15.5. The molecule has 8 amide bonds. The Bertz CT molecular complexity index is 2650. The molecule has 528 valence electrons. The SMILES string of the molecule is CC[C@H]1CC(=O)[C@@H]([C@H](O)[C@H](C)CCCc2ccncc2)N(C)C(=O)[C@@H](C(C)C)N(C)C(=O)[C@@H](CC(C)C)N(C)C(=O)[C@@H](CC(C)C)N(C)C(=O)[C@H](C)NC(=O)[C@@H](C)CC(=O)[C@@H](CC(C)C)N(C)C(=O)[C@@H](C(C)C)CC(=O)[C@H](CC(C)C)N(C)C(=O)[C@@H](COC)N(C)C1=O. The number of ether oxygens (including phenoxy) is 1. The highest BCUT2D eigenvalue weighted by Crippen LogP contribution is 2.30. The summed E-state index contributed by atoms with van der Waals surface area (Å²) in [4.78, 5) is 177. The minimum Gasteiger partial charge on any atom is -0.390 e. The Labute approximate surface area is 557 Å². The molecule has 0 radical (unpaired) electrons. The summed E-state index contributed by atoms with van der Waals surface area (Å²) >= 11 is 0. The first-order valence-corrected chi connectivity index (χ1v) is 34.0. The van der Waals surface area contributed by atoms with E-state index in [2.05, 4.69) is 10.3 Å². The summed E-state index contributed by atoms with van der Waals surface area (Å²) in [6, 6.07) is -5.83. The van der Waals surface area contributed by atoms with E-state index >= 15 is 28.8 Å². The van der Waals surface area contributed by atoms with Crippen LogP contribution in [0.1, 0.15) is 181 Å². The maximum atomic E-state index is 15.5. The van der Waals surface area contributed by atoms with Crippen molar-refractivity contribution < 1.29 is 62.6 Å². The second-order valence-electron chi connectivity index (χ2n) is 29.1. The largest absolute Gasteiger partial charge is 0.390 e. The molecule has 1 aliphatic rings. The fourth-order valence-electron chi connectivity index (χ4n) is 12.8. The maximum Gasteiger partial charge on any atom is 0.248 e. The number of aliphatic hydroxyl groups is 1. The molecule has 93 heavy (non-hydrogen) atoms. The summed E-state index contributed by atoms with van der Waals surface area (Å²) in [5.41, 5.74) is 1.02. The van der Waals surface area contributed by atoms with Crippen LogP contribution in [-0.4, -0.2) is 226 Å². The number of likely N-dealkylation sites (N-methyl/N-ethyl adjacent to an activating group) is 7. The van der Waals surface area contributed by atoms with Crippen molar-refractivity contribution in [3.8, 4) is 0 Å². The van der Waals surface area contributed by atoms with Crippen LogP contribution in [0.25, 0.3) is 0 Å². The van der Waals surface area contributed by atoms with E-state index < -0.39 is 161 Å². The van der Waals surface area contributed by atoms with Crippen LogP contribution in [0, 0.1) is 59.2 Å². The zero-order valence-corrected chi connectivity index (χ0v) is 61.2. The van der Waals surface area contributed by atoms with Gasteiger partial charge < -0.3 is 49.5 Å². The number of nitrogens with zero attached hydrogens (tertiary/aromatic N) is 8. The summed E-state index contributed by atoms with van der Waals surface area (Å²) in [5, 5.41) is 15.3. The van der Waals surface area contributed by atoms with E-state index in [0.29, 0.717) is 19.3 Å². The molecule has 1 saturated heterocycles. The molecule has 0 saturated carbocycles. The van der Waals surface area contributed by atoms with E-state index in [0.717, 1.165) is 5.56 Å². The van der Waals surface area contributed by atoms with Crippen molar-refractivity contribution in [3.63, 3.8) is 0 Å². The molecule has 1 aliphatic heterocycles. The zero-order chi connectivity index (χ0) is 71.4. The first-order chi connectivity index (χ1) is 43.2. The Morgan fingerprint density at radius 2 is 0.925 bits per heavy atom. The third kappa shape index (κ3) is 23.3. The van der Waals surface area contributed by atoms with Gasteiger partial charge in [0.15, 0.2) is 17.3 Å². The van der Waals surface area contributed by atoms with Crippen molar-refractivity contribution in [1.82, 2.24) is 44.6 Å². The molecule has 2 rings (SSSR count). The zero-order valence-electron chi connectivity index (χ0n) is 61.2. The van der Waals surface area contributed by atoms with Crippen LogP contribution in [0.15, 0.2) is 24.5 Å². The average molecular weight is 1310 g/mol. The Balaban J connectivity index is 3.06. The number of hydrogen-bond donors (Lipinski definition) is 2. The lowest BCUT2D eigenvalue weighted by Gasteiger charge is -2.41. The molecule has 1 aromatic heterocycles. The Morgan fingerprint density at radius 3 is 1.39 bits per heavy atom. The van der Waals surface area contributed by atoms with Gasteiger partial charge in [-0.15, -0.1) is 0 Å². The number of pyridine rings is 1. The number of aromatic nitrogens is 1. The van der Waals surface area contributed by atoms with Crippen LogP contribution in [0.3, 0.4) is 0 Å². The van der Waals surface area contributed by atoms with Gasteiger partial charge >= 0.3 is 0 Å². The van der Waals surface area contributed by atoms with Crippen molar-refractivity contribution in [1.29, 1.82) is 0 Å². The molecule has 1 fully saturated rings.